The van der Waals surface area contributed by atoms with Crippen LogP contribution in [0, 0.1) is 0 Å². The van der Waals surface area contributed by atoms with Crippen LogP contribution in [-0.4, -0.2) is 35.4 Å². The lowest BCUT2D eigenvalue weighted by Crippen LogP contribution is -2.43. The zero-order valence-electron chi connectivity index (χ0n) is 12.1. The van der Waals surface area contributed by atoms with Gasteiger partial charge in [-0.1, -0.05) is 19.2 Å². The fourth-order valence-electron chi connectivity index (χ4n) is 1.10. The Labute approximate surface area is 119 Å². The van der Waals surface area contributed by atoms with Crippen molar-refractivity contribution in [2.45, 2.75) is 32.5 Å². The van der Waals surface area contributed by atoms with Gasteiger partial charge in [0.05, 0.1) is 6.54 Å². The summed E-state index contributed by atoms with van der Waals surface area (Å²) < 4.78 is 4.97. The number of amides is 2. The number of ether oxygens (including phenoxy) is 1. The van der Waals surface area contributed by atoms with Crippen molar-refractivity contribution in [1.82, 2.24) is 10.6 Å². The van der Waals surface area contributed by atoms with Crippen molar-refractivity contribution in [1.29, 1.82) is 0 Å². The molecule has 0 heterocycles. The maximum Gasteiger partial charge on any atom is 0.407 e. The third-order valence-electron chi connectivity index (χ3n) is 1.93. The predicted molar refractivity (Wildman–Crippen MR) is 76.9 cm³/mol. The van der Waals surface area contributed by atoms with Crippen molar-refractivity contribution in [3.8, 4) is 0 Å². The molecular formula is C14H22N2O4. The van der Waals surface area contributed by atoms with Crippen LogP contribution in [0.3, 0.4) is 0 Å². The number of aliphatic hydroxyl groups is 1. The minimum atomic E-state index is -1.39. The minimum Gasteiger partial charge on any atom is -0.444 e. The van der Waals surface area contributed by atoms with Gasteiger partial charge in [0.15, 0.2) is 0 Å². The van der Waals surface area contributed by atoms with E-state index >= 15 is 0 Å². The quantitative estimate of drug-likeness (QED) is 0.640. The fraction of sp³-hybridized carbons (Fsp3) is 0.429. The molecule has 2 amide bonds. The van der Waals surface area contributed by atoms with Crippen LogP contribution in [-0.2, 0) is 9.53 Å². The van der Waals surface area contributed by atoms with Crippen LogP contribution in [0.2, 0.25) is 0 Å². The summed E-state index contributed by atoms with van der Waals surface area (Å²) in [5, 5.41) is 14.3. The Hall–Kier alpha value is -2.08. The van der Waals surface area contributed by atoms with E-state index in [1.165, 1.54) is 18.2 Å². The van der Waals surface area contributed by atoms with Gasteiger partial charge < -0.3 is 20.5 Å². The van der Waals surface area contributed by atoms with Crippen molar-refractivity contribution in [3.05, 3.63) is 37.1 Å². The highest BCUT2D eigenvalue weighted by atomic mass is 16.6. The molecule has 0 aromatic carbocycles. The zero-order chi connectivity index (χ0) is 15.8. The van der Waals surface area contributed by atoms with Crippen LogP contribution in [0.25, 0.3) is 0 Å². The van der Waals surface area contributed by atoms with Gasteiger partial charge in [0.1, 0.15) is 11.7 Å². The molecule has 0 aliphatic carbocycles. The summed E-state index contributed by atoms with van der Waals surface area (Å²) in [6.45, 7) is 11.9. The number of nitrogens with one attached hydrogen (secondary N) is 2. The van der Waals surface area contributed by atoms with E-state index in [2.05, 4.69) is 23.8 Å². The number of allylic oxidation sites excluding steroid dienone is 3. The van der Waals surface area contributed by atoms with E-state index in [9.17, 15) is 14.7 Å². The second-order valence-corrected chi connectivity index (χ2v) is 4.95. The molecule has 0 rings (SSSR count). The lowest BCUT2D eigenvalue weighted by atomic mass is 10.2. The van der Waals surface area contributed by atoms with E-state index in [1.54, 1.807) is 20.8 Å². The van der Waals surface area contributed by atoms with E-state index in [-0.39, 0.29) is 6.54 Å². The SMILES string of the molecule is C=C/C=C(\C=C)NC(=O)C(O)CNC(=O)OC(C)(C)C. The average Bonchev–Trinajstić information content (AvgIpc) is 2.33. The maximum absolute atomic E-state index is 11.6. The van der Waals surface area contributed by atoms with Gasteiger partial charge in [-0.2, -0.15) is 0 Å². The highest BCUT2D eigenvalue weighted by Gasteiger charge is 2.19. The summed E-state index contributed by atoms with van der Waals surface area (Å²) >= 11 is 0. The Morgan fingerprint density at radius 1 is 1.35 bits per heavy atom. The van der Waals surface area contributed by atoms with Crippen LogP contribution < -0.4 is 10.6 Å². The number of carbonyl (C=O) groups is 2. The molecule has 1 atom stereocenters. The van der Waals surface area contributed by atoms with Crippen molar-refractivity contribution < 1.29 is 19.4 Å². The van der Waals surface area contributed by atoms with Gasteiger partial charge in [-0.05, 0) is 32.9 Å². The van der Waals surface area contributed by atoms with Gasteiger partial charge in [-0.15, -0.1) is 0 Å². The van der Waals surface area contributed by atoms with E-state index in [0.717, 1.165) is 0 Å². The molecular weight excluding hydrogens is 260 g/mol. The average molecular weight is 282 g/mol. The summed E-state index contributed by atoms with van der Waals surface area (Å²) in [5.41, 5.74) is -0.235. The second-order valence-electron chi connectivity index (χ2n) is 4.95. The molecule has 0 radical (unpaired) electrons. The smallest absolute Gasteiger partial charge is 0.407 e. The van der Waals surface area contributed by atoms with Crippen LogP contribution in [0.5, 0.6) is 0 Å². The molecule has 0 spiro atoms. The van der Waals surface area contributed by atoms with Crippen molar-refractivity contribution >= 4 is 12.0 Å². The number of hydrogen-bond acceptors (Lipinski definition) is 4. The van der Waals surface area contributed by atoms with E-state index in [0.29, 0.717) is 5.70 Å². The highest BCUT2D eigenvalue weighted by molar-refractivity contribution is 5.83. The van der Waals surface area contributed by atoms with Gasteiger partial charge in [0, 0.05) is 5.70 Å². The summed E-state index contributed by atoms with van der Waals surface area (Å²) in [6.07, 6.45) is 2.32. The largest absolute Gasteiger partial charge is 0.444 e. The standard InChI is InChI=1S/C14H22N2O4/c1-6-8-10(7-2)16-12(18)11(17)9-15-13(19)20-14(3,4)5/h6-8,11,17H,1-2,9H2,3-5H3,(H,15,19)(H,16,18)/b10-8+. The molecule has 0 saturated heterocycles. The number of rotatable bonds is 6. The Kier molecular flexibility index (Phi) is 7.31. The maximum atomic E-state index is 11.6. The van der Waals surface area contributed by atoms with Crippen LogP contribution >= 0.6 is 0 Å². The lowest BCUT2D eigenvalue weighted by Gasteiger charge is -2.20. The number of hydrogen-bond donors (Lipinski definition) is 3. The molecule has 0 aliphatic heterocycles. The molecule has 0 saturated carbocycles. The monoisotopic (exact) mass is 282 g/mol. The molecule has 6 heteroatoms. The normalized spacial score (nSPS) is 13.1. The van der Waals surface area contributed by atoms with Gasteiger partial charge in [0.25, 0.3) is 5.91 Å². The van der Waals surface area contributed by atoms with Crippen molar-refractivity contribution in [2.75, 3.05) is 6.54 Å². The van der Waals surface area contributed by atoms with E-state index in [4.69, 9.17) is 4.74 Å². The van der Waals surface area contributed by atoms with Gasteiger partial charge in [-0.25, -0.2) is 4.79 Å². The summed E-state index contributed by atoms with van der Waals surface area (Å²) in [4.78, 5) is 23.0. The van der Waals surface area contributed by atoms with Crippen molar-refractivity contribution in [3.63, 3.8) is 0 Å². The molecule has 112 valence electrons. The first-order valence-electron chi connectivity index (χ1n) is 6.10. The first kappa shape index (κ1) is 17.9. The zero-order valence-corrected chi connectivity index (χ0v) is 12.1. The molecule has 0 aromatic heterocycles. The molecule has 0 bridgehead atoms. The first-order chi connectivity index (χ1) is 9.19. The lowest BCUT2D eigenvalue weighted by molar-refractivity contribution is -0.128. The molecule has 0 aliphatic rings. The van der Waals surface area contributed by atoms with Crippen molar-refractivity contribution in [2.24, 2.45) is 0 Å². The third kappa shape index (κ3) is 8.10. The molecule has 3 N–H and O–H groups in total. The molecule has 6 nitrogen and oxygen atoms in total. The highest BCUT2D eigenvalue weighted by Crippen LogP contribution is 2.06. The summed E-state index contributed by atoms with van der Waals surface area (Å²) in [6, 6.07) is 0. The fourth-order valence-corrected chi connectivity index (χ4v) is 1.10. The number of alkyl carbamates (subject to hydrolysis) is 1. The van der Waals surface area contributed by atoms with Crippen LogP contribution in [0.1, 0.15) is 20.8 Å². The van der Waals surface area contributed by atoms with Gasteiger partial charge in [-0.3, -0.25) is 4.79 Å². The molecule has 20 heavy (non-hydrogen) atoms. The Bertz CT molecular complexity index is 408. The van der Waals surface area contributed by atoms with E-state index < -0.39 is 23.7 Å². The number of carbonyl (C=O) groups excluding carboxylic acids is 2. The summed E-state index contributed by atoms with van der Waals surface area (Å²) in [7, 11) is 0. The van der Waals surface area contributed by atoms with Gasteiger partial charge >= 0.3 is 6.09 Å². The third-order valence-corrected chi connectivity index (χ3v) is 1.93. The van der Waals surface area contributed by atoms with E-state index in [1.807, 2.05) is 0 Å². The van der Waals surface area contributed by atoms with Gasteiger partial charge in [0.2, 0.25) is 0 Å². The molecule has 0 fully saturated rings. The Morgan fingerprint density at radius 2 is 1.95 bits per heavy atom. The first-order valence-corrected chi connectivity index (χ1v) is 6.10. The number of aliphatic hydroxyl groups excluding tert-OH is 1. The summed E-state index contributed by atoms with van der Waals surface area (Å²) in [5.74, 6) is -0.658. The topological polar surface area (TPSA) is 87.7 Å². The Morgan fingerprint density at radius 3 is 2.40 bits per heavy atom. The second kappa shape index (κ2) is 8.16. The molecule has 0 aromatic rings. The van der Waals surface area contributed by atoms with Crippen LogP contribution in [0.4, 0.5) is 4.79 Å². The Balaban J connectivity index is 4.27. The predicted octanol–water partition coefficient (Wildman–Crippen LogP) is 1.24. The van der Waals surface area contributed by atoms with Crippen LogP contribution in [0.15, 0.2) is 37.1 Å². The molecule has 1 unspecified atom stereocenters. The minimum absolute atomic E-state index is 0.251.